The van der Waals surface area contributed by atoms with Crippen LogP contribution in [0.1, 0.15) is 5.56 Å². The first-order chi connectivity index (χ1) is 10.1. The van der Waals surface area contributed by atoms with Gasteiger partial charge in [0, 0.05) is 21.1 Å². The molecule has 0 spiro atoms. The molecule has 112 valence electrons. The minimum Gasteiger partial charge on any atom is -0.492 e. The lowest BCUT2D eigenvalue weighted by Gasteiger charge is -2.18. The van der Waals surface area contributed by atoms with Gasteiger partial charge in [0.1, 0.15) is 12.4 Å². The highest BCUT2D eigenvalue weighted by atomic mass is 35.5. The maximum atomic E-state index is 6.20. The van der Waals surface area contributed by atoms with Crippen LogP contribution in [-0.2, 0) is 6.42 Å². The van der Waals surface area contributed by atoms with E-state index in [9.17, 15) is 0 Å². The van der Waals surface area contributed by atoms with Crippen molar-refractivity contribution in [2.75, 3.05) is 13.7 Å². The lowest BCUT2D eigenvalue weighted by atomic mass is 10.1. The Balaban J connectivity index is 2.00. The average molecular weight is 345 g/mol. The fourth-order valence-electron chi connectivity index (χ4n) is 1.97. The molecule has 2 aromatic carbocycles. The van der Waals surface area contributed by atoms with Crippen molar-refractivity contribution in [1.29, 1.82) is 0 Å². The average Bonchev–Trinajstić information content (AvgIpc) is 2.46. The number of rotatable bonds is 6. The Bertz CT molecular complexity index is 584. The second-order valence-corrected chi connectivity index (χ2v) is 5.91. The predicted octanol–water partition coefficient (Wildman–Crippen LogP) is 4.86. The molecule has 0 radical (unpaired) electrons. The minimum atomic E-state index is 0.0985. The van der Waals surface area contributed by atoms with Gasteiger partial charge in [0.05, 0.1) is 0 Å². The third kappa shape index (κ3) is 4.79. The first-order valence-electron chi connectivity index (χ1n) is 6.58. The third-order valence-corrected chi connectivity index (χ3v) is 4.11. The SMILES string of the molecule is CNC(COc1cccc(Cl)c1)Cc1c(Cl)cccc1Cl. The van der Waals surface area contributed by atoms with Crippen molar-refractivity contribution in [3.05, 3.63) is 63.1 Å². The largest absolute Gasteiger partial charge is 0.492 e. The van der Waals surface area contributed by atoms with E-state index in [2.05, 4.69) is 5.32 Å². The highest BCUT2D eigenvalue weighted by molar-refractivity contribution is 6.36. The van der Waals surface area contributed by atoms with Gasteiger partial charge in [-0.15, -0.1) is 0 Å². The molecule has 0 aliphatic rings. The Labute approximate surface area is 140 Å². The van der Waals surface area contributed by atoms with E-state index in [1.807, 2.05) is 43.4 Å². The van der Waals surface area contributed by atoms with Gasteiger partial charge in [-0.1, -0.05) is 46.9 Å². The van der Waals surface area contributed by atoms with E-state index >= 15 is 0 Å². The van der Waals surface area contributed by atoms with Crippen LogP contribution in [0.5, 0.6) is 5.75 Å². The summed E-state index contributed by atoms with van der Waals surface area (Å²) in [6.07, 6.45) is 0.690. The first kappa shape index (κ1) is 16.4. The summed E-state index contributed by atoms with van der Waals surface area (Å²) < 4.78 is 5.76. The summed E-state index contributed by atoms with van der Waals surface area (Å²) in [5.41, 5.74) is 0.926. The summed E-state index contributed by atoms with van der Waals surface area (Å²) in [5, 5.41) is 5.21. The molecule has 0 aliphatic heterocycles. The summed E-state index contributed by atoms with van der Waals surface area (Å²) in [6, 6.07) is 13.0. The van der Waals surface area contributed by atoms with Gasteiger partial charge in [-0.05, 0) is 49.4 Å². The summed E-state index contributed by atoms with van der Waals surface area (Å²) >= 11 is 18.3. The van der Waals surface area contributed by atoms with Gasteiger partial charge in [-0.3, -0.25) is 0 Å². The number of nitrogens with one attached hydrogen (secondary N) is 1. The van der Waals surface area contributed by atoms with Crippen molar-refractivity contribution in [2.24, 2.45) is 0 Å². The minimum absolute atomic E-state index is 0.0985. The molecular weight excluding hydrogens is 329 g/mol. The Hall–Kier alpha value is -0.930. The molecule has 0 saturated heterocycles. The molecular formula is C16H16Cl3NO. The Kier molecular flexibility index (Phi) is 6.19. The molecule has 1 atom stereocenters. The van der Waals surface area contributed by atoms with Crippen LogP contribution in [0.15, 0.2) is 42.5 Å². The standard InChI is InChI=1S/C16H16Cl3NO/c1-20-12(9-14-15(18)6-3-7-16(14)19)10-21-13-5-2-4-11(17)8-13/h2-8,12,20H,9-10H2,1H3. The molecule has 21 heavy (non-hydrogen) atoms. The molecule has 0 saturated carbocycles. The van der Waals surface area contributed by atoms with Gasteiger partial charge in [-0.2, -0.15) is 0 Å². The van der Waals surface area contributed by atoms with E-state index < -0.39 is 0 Å². The number of benzene rings is 2. The third-order valence-electron chi connectivity index (χ3n) is 3.17. The van der Waals surface area contributed by atoms with Crippen LogP contribution < -0.4 is 10.1 Å². The van der Waals surface area contributed by atoms with Gasteiger partial charge in [0.25, 0.3) is 0 Å². The van der Waals surface area contributed by atoms with E-state index in [-0.39, 0.29) is 6.04 Å². The summed E-state index contributed by atoms with van der Waals surface area (Å²) in [7, 11) is 1.89. The van der Waals surface area contributed by atoms with Crippen molar-refractivity contribution >= 4 is 34.8 Å². The lowest BCUT2D eigenvalue weighted by Crippen LogP contribution is -2.34. The number of likely N-dealkylation sites (N-methyl/N-ethyl adjacent to an activating group) is 1. The normalized spacial score (nSPS) is 12.2. The van der Waals surface area contributed by atoms with Crippen LogP contribution in [-0.4, -0.2) is 19.7 Å². The molecule has 0 fully saturated rings. The van der Waals surface area contributed by atoms with Gasteiger partial charge in [0.15, 0.2) is 0 Å². The van der Waals surface area contributed by atoms with E-state index in [1.54, 1.807) is 6.07 Å². The number of hydrogen-bond acceptors (Lipinski definition) is 2. The fraction of sp³-hybridized carbons (Fsp3) is 0.250. The van der Waals surface area contributed by atoms with Crippen LogP contribution in [0.3, 0.4) is 0 Å². The van der Waals surface area contributed by atoms with Gasteiger partial charge >= 0.3 is 0 Å². The Morgan fingerprint density at radius 1 is 1.05 bits per heavy atom. The zero-order chi connectivity index (χ0) is 15.2. The van der Waals surface area contributed by atoms with E-state index in [1.165, 1.54) is 0 Å². The molecule has 1 N–H and O–H groups in total. The van der Waals surface area contributed by atoms with Crippen molar-refractivity contribution < 1.29 is 4.74 Å². The highest BCUT2D eigenvalue weighted by Gasteiger charge is 2.13. The fourth-order valence-corrected chi connectivity index (χ4v) is 2.70. The highest BCUT2D eigenvalue weighted by Crippen LogP contribution is 2.26. The van der Waals surface area contributed by atoms with Crippen LogP contribution in [0.25, 0.3) is 0 Å². The number of hydrogen-bond donors (Lipinski definition) is 1. The molecule has 0 aromatic heterocycles. The van der Waals surface area contributed by atoms with Gasteiger partial charge in [0.2, 0.25) is 0 Å². The molecule has 5 heteroatoms. The summed E-state index contributed by atoms with van der Waals surface area (Å²) in [5.74, 6) is 0.744. The van der Waals surface area contributed by atoms with E-state index in [4.69, 9.17) is 39.5 Å². The van der Waals surface area contributed by atoms with E-state index in [0.29, 0.717) is 28.1 Å². The van der Waals surface area contributed by atoms with Gasteiger partial charge in [-0.25, -0.2) is 0 Å². The van der Waals surface area contributed by atoms with Crippen LogP contribution in [0, 0.1) is 0 Å². The van der Waals surface area contributed by atoms with Crippen molar-refractivity contribution in [3.63, 3.8) is 0 Å². The van der Waals surface area contributed by atoms with E-state index in [0.717, 1.165) is 11.3 Å². The Morgan fingerprint density at radius 2 is 1.71 bits per heavy atom. The Morgan fingerprint density at radius 3 is 2.33 bits per heavy atom. The molecule has 0 aliphatic carbocycles. The quantitative estimate of drug-likeness (QED) is 0.808. The van der Waals surface area contributed by atoms with Crippen LogP contribution in [0.2, 0.25) is 15.1 Å². The molecule has 2 nitrogen and oxygen atoms in total. The zero-order valence-corrected chi connectivity index (χ0v) is 13.8. The molecule has 0 amide bonds. The second-order valence-electron chi connectivity index (χ2n) is 4.66. The predicted molar refractivity (Wildman–Crippen MR) is 90.0 cm³/mol. The molecule has 2 aromatic rings. The van der Waals surface area contributed by atoms with Crippen molar-refractivity contribution in [3.8, 4) is 5.75 Å². The topological polar surface area (TPSA) is 21.3 Å². The monoisotopic (exact) mass is 343 g/mol. The summed E-state index contributed by atoms with van der Waals surface area (Å²) in [4.78, 5) is 0. The molecule has 2 rings (SSSR count). The maximum absolute atomic E-state index is 6.20. The number of halogens is 3. The smallest absolute Gasteiger partial charge is 0.120 e. The second kappa shape index (κ2) is 7.90. The van der Waals surface area contributed by atoms with Gasteiger partial charge < -0.3 is 10.1 Å². The van der Waals surface area contributed by atoms with Crippen LogP contribution in [0.4, 0.5) is 0 Å². The zero-order valence-electron chi connectivity index (χ0n) is 11.6. The molecule has 1 unspecified atom stereocenters. The first-order valence-corrected chi connectivity index (χ1v) is 7.72. The number of ether oxygens (including phenoxy) is 1. The molecule has 0 bridgehead atoms. The van der Waals surface area contributed by atoms with Crippen LogP contribution >= 0.6 is 34.8 Å². The van der Waals surface area contributed by atoms with Crippen molar-refractivity contribution in [2.45, 2.75) is 12.5 Å². The van der Waals surface area contributed by atoms with Crippen molar-refractivity contribution in [1.82, 2.24) is 5.32 Å². The lowest BCUT2D eigenvalue weighted by molar-refractivity contribution is 0.270. The maximum Gasteiger partial charge on any atom is 0.120 e. The summed E-state index contributed by atoms with van der Waals surface area (Å²) in [6.45, 7) is 0.498. The molecule has 0 heterocycles.